The predicted molar refractivity (Wildman–Crippen MR) is 80.6 cm³/mol. The molecule has 1 aromatic carbocycles. The van der Waals surface area contributed by atoms with Gasteiger partial charge in [0.2, 0.25) is 5.76 Å². The summed E-state index contributed by atoms with van der Waals surface area (Å²) in [4.78, 5) is 11.3. The number of benzene rings is 1. The van der Waals surface area contributed by atoms with E-state index in [9.17, 15) is 9.90 Å². The average Bonchev–Trinajstić information content (AvgIpc) is 2.78. The Labute approximate surface area is 123 Å². The lowest BCUT2D eigenvalue weighted by atomic mass is 10.1. The van der Waals surface area contributed by atoms with E-state index in [4.69, 9.17) is 9.15 Å². The third kappa shape index (κ3) is 3.62. The third-order valence-electron chi connectivity index (χ3n) is 3.28. The minimum Gasteiger partial charge on any atom is -0.475 e. The summed E-state index contributed by atoms with van der Waals surface area (Å²) in [5.74, 6) is -1.05. The van der Waals surface area contributed by atoms with Gasteiger partial charge in [0, 0.05) is 30.6 Å². The summed E-state index contributed by atoms with van der Waals surface area (Å²) in [6, 6.07) is 7.34. The van der Waals surface area contributed by atoms with Gasteiger partial charge in [0.15, 0.2) is 0 Å². The zero-order valence-corrected chi connectivity index (χ0v) is 12.6. The van der Waals surface area contributed by atoms with E-state index in [0.29, 0.717) is 30.8 Å². The van der Waals surface area contributed by atoms with Crippen LogP contribution in [0.4, 0.5) is 0 Å². The largest absolute Gasteiger partial charge is 0.475 e. The number of hydrogen-bond donors (Lipinski definition) is 2. The summed E-state index contributed by atoms with van der Waals surface area (Å²) in [5.41, 5.74) is 0.971. The van der Waals surface area contributed by atoms with E-state index in [0.717, 1.165) is 5.39 Å². The maximum absolute atomic E-state index is 11.3. The Morgan fingerprint density at radius 2 is 2.10 bits per heavy atom. The highest BCUT2D eigenvalue weighted by Gasteiger charge is 2.21. The fourth-order valence-electron chi connectivity index (χ4n) is 2.38. The second-order valence-corrected chi connectivity index (χ2v) is 5.51. The zero-order valence-electron chi connectivity index (χ0n) is 12.6. The van der Waals surface area contributed by atoms with Gasteiger partial charge >= 0.3 is 5.97 Å². The van der Waals surface area contributed by atoms with Gasteiger partial charge in [0.05, 0.1) is 5.60 Å². The lowest BCUT2D eigenvalue weighted by Crippen LogP contribution is -2.37. The molecule has 5 heteroatoms. The molecule has 2 N–H and O–H groups in total. The number of furan rings is 1. The molecule has 2 rings (SSSR count). The Morgan fingerprint density at radius 1 is 1.38 bits per heavy atom. The molecule has 1 heterocycles. The van der Waals surface area contributed by atoms with Gasteiger partial charge in [-0.05, 0) is 26.8 Å². The minimum absolute atomic E-state index is 0.00193. The van der Waals surface area contributed by atoms with Crippen molar-refractivity contribution in [2.24, 2.45) is 0 Å². The molecule has 0 fully saturated rings. The van der Waals surface area contributed by atoms with Crippen molar-refractivity contribution >= 4 is 16.9 Å². The van der Waals surface area contributed by atoms with Crippen LogP contribution in [0.3, 0.4) is 0 Å². The average molecular weight is 291 g/mol. The van der Waals surface area contributed by atoms with Crippen molar-refractivity contribution in [3.63, 3.8) is 0 Å². The SMILES string of the molecule is CCOC(C)(C)CNCc1c(C(=O)O)oc2ccccc12. The van der Waals surface area contributed by atoms with Gasteiger partial charge in [0.25, 0.3) is 0 Å². The minimum atomic E-state index is -1.05. The number of carbonyl (C=O) groups is 1. The normalized spacial score (nSPS) is 12.0. The van der Waals surface area contributed by atoms with Gasteiger partial charge < -0.3 is 19.6 Å². The number of fused-ring (bicyclic) bond motifs is 1. The standard InChI is InChI=1S/C16H21NO4/c1-4-20-16(2,3)10-17-9-12-11-7-5-6-8-13(11)21-14(12)15(18)19/h5-8,17H,4,9-10H2,1-3H3,(H,18,19). The van der Waals surface area contributed by atoms with E-state index in [1.54, 1.807) is 6.07 Å². The molecular formula is C16H21NO4. The van der Waals surface area contributed by atoms with Crippen LogP contribution in [0.25, 0.3) is 11.0 Å². The van der Waals surface area contributed by atoms with E-state index < -0.39 is 5.97 Å². The van der Waals surface area contributed by atoms with Crippen molar-refractivity contribution in [3.05, 3.63) is 35.6 Å². The van der Waals surface area contributed by atoms with Gasteiger partial charge in [-0.15, -0.1) is 0 Å². The molecule has 0 atom stereocenters. The lowest BCUT2D eigenvalue weighted by molar-refractivity contribution is -0.00897. The summed E-state index contributed by atoms with van der Waals surface area (Å²) >= 11 is 0. The monoisotopic (exact) mass is 291 g/mol. The second kappa shape index (κ2) is 6.28. The van der Waals surface area contributed by atoms with Gasteiger partial charge in [-0.1, -0.05) is 18.2 Å². The number of aromatic carboxylic acids is 1. The van der Waals surface area contributed by atoms with Crippen LogP contribution in [0.15, 0.2) is 28.7 Å². The van der Waals surface area contributed by atoms with E-state index in [1.165, 1.54) is 0 Å². The van der Waals surface area contributed by atoms with E-state index in [2.05, 4.69) is 5.32 Å². The van der Waals surface area contributed by atoms with Crippen molar-refractivity contribution in [1.29, 1.82) is 0 Å². The molecule has 0 amide bonds. The number of hydrogen-bond acceptors (Lipinski definition) is 4. The lowest BCUT2D eigenvalue weighted by Gasteiger charge is -2.25. The molecule has 0 aliphatic heterocycles. The summed E-state index contributed by atoms with van der Waals surface area (Å²) in [5, 5.41) is 13.3. The molecule has 2 aromatic rings. The first-order valence-corrected chi connectivity index (χ1v) is 7.03. The van der Waals surface area contributed by atoms with Gasteiger partial charge in [-0.2, -0.15) is 0 Å². The zero-order chi connectivity index (χ0) is 15.5. The van der Waals surface area contributed by atoms with Crippen LogP contribution in [0.5, 0.6) is 0 Å². The topological polar surface area (TPSA) is 71.7 Å². The fraction of sp³-hybridized carbons (Fsp3) is 0.438. The van der Waals surface area contributed by atoms with Crippen molar-refractivity contribution < 1.29 is 19.1 Å². The van der Waals surface area contributed by atoms with E-state index in [1.807, 2.05) is 39.0 Å². The maximum Gasteiger partial charge on any atom is 0.372 e. The summed E-state index contributed by atoms with van der Waals surface area (Å²) in [6.45, 7) is 7.64. The molecule has 0 aliphatic carbocycles. The number of ether oxygens (including phenoxy) is 1. The van der Waals surface area contributed by atoms with Crippen molar-refractivity contribution in [3.8, 4) is 0 Å². The molecule has 21 heavy (non-hydrogen) atoms. The van der Waals surface area contributed by atoms with Crippen molar-refractivity contribution in [2.45, 2.75) is 32.9 Å². The fourth-order valence-corrected chi connectivity index (χ4v) is 2.38. The van der Waals surface area contributed by atoms with Crippen LogP contribution < -0.4 is 5.32 Å². The quantitative estimate of drug-likeness (QED) is 0.820. The Hall–Kier alpha value is -1.85. The first kappa shape index (κ1) is 15.5. The van der Waals surface area contributed by atoms with Crippen LogP contribution in [-0.4, -0.2) is 29.8 Å². The number of carboxylic acid groups (broad SMARTS) is 1. The first-order valence-electron chi connectivity index (χ1n) is 7.03. The van der Waals surface area contributed by atoms with Crippen molar-refractivity contribution in [1.82, 2.24) is 5.32 Å². The predicted octanol–water partition coefficient (Wildman–Crippen LogP) is 3.04. The number of nitrogens with one attached hydrogen (secondary N) is 1. The second-order valence-electron chi connectivity index (χ2n) is 5.51. The van der Waals surface area contributed by atoms with Gasteiger partial charge in [0.1, 0.15) is 5.58 Å². The molecule has 0 aliphatic rings. The maximum atomic E-state index is 11.3. The van der Waals surface area contributed by atoms with Crippen LogP contribution in [0, 0.1) is 0 Å². The van der Waals surface area contributed by atoms with Crippen molar-refractivity contribution in [2.75, 3.05) is 13.2 Å². The molecule has 0 spiro atoms. The van der Waals surface area contributed by atoms with Crippen LogP contribution in [0.2, 0.25) is 0 Å². The molecule has 0 unspecified atom stereocenters. The van der Waals surface area contributed by atoms with E-state index in [-0.39, 0.29) is 11.4 Å². The first-order chi connectivity index (χ1) is 9.94. The highest BCUT2D eigenvalue weighted by atomic mass is 16.5. The number of carboxylic acids is 1. The number of para-hydroxylation sites is 1. The van der Waals surface area contributed by atoms with Crippen LogP contribution in [-0.2, 0) is 11.3 Å². The molecule has 0 radical (unpaired) electrons. The highest BCUT2D eigenvalue weighted by Crippen LogP contribution is 2.26. The highest BCUT2D eigenvalue weighted by molar-refractivity contribution is 5.95. The van der Waals surface area contributed by atoms with Gasteiger partial charge in [-0.25, -0.2) is 4.79 Å². The smallest absolute Gasteiger partial charge is 0.372 e. The Balaban J connectivity index is 2.17. The Kier molecular flexibility index (Phi) is 4.65. The summed E-state index contributed by atoms with van der Waals surface area (Å²) in [6.07, 6.45) is 0. The van der Waals surface area contributed by atoms with E-state index >= 15 is 0 Å². The Bertz CT molecular complexity index is 630. The molecule has 1 aromatic heterocycles. The summed E-state index contributed by atoms with van der Waals surface area (Å²) < 4.78 is 11.0. The molecule has 5 nitrogen and oxygen atoms in total. The molecule has 0 saturated heterocycles. The van der Waals surface area contributed by atoms with Gasteiger partial charge in [-0.3, -0.25) is 0 Å². The number of rotatable bonds is 7. The summed E-state index contributed by atoms with van der Waals surface area (Å²) in [7, 11) is 0. The molecule has 114 valence electrons. The third-order valence-corrected chi connectivity index (χ3v) is 3.28. The molecular weight excluding hydrogens is 270 g/mol. The molecule has 0 saturated carbocycles. The van der Waals surface area contributed by atoms with Crippen LogP contribution in [0.1, 0.15) is 36.9 Å². The van der Waals surface area contributed by atoms with Crippen LogP contribution >= 0.6 is 0 Å². The molecule has 0 bridgehead atoms. The Morgan fingerprint density at radius 3 is 2.76 bits per heavy atom.